The number of aromatic nitrogens is 3. The summed E-state index contributed by atoms with van der Waals surface area (Å²) in [5.41, 5.74) is 4.54. The molecule has 1 aliphatic heterocycles. The van der Waals surface area contributed by atoms with Gasteiger partial charge >= 0.3 is 0 Å². The molecule has 2 aromatic heterocycles. The second-order valence-electron chi connectivity index (χ2n) is 10.8. The number of hydrogen-bond acceptors (Lipinski definition) is 7. The number of hydrogen-bond donors (Lipinski definition) is 2. The minimum absolute atomic E-state index is 0.0701. The molecule has 10 heteroatoms. The minimum atomic E-state index is -0.422. The van der Waals surface area contributed by atoms with E-state index in [0.717, 1.165) is 27.9 Å². The second kappa shape index (κ2) is 11.8. The van der Waals surface area contributed by atoms with Crippen molar-refractivity contribution in [1.82, 2.24) is 14.1 Å². The van der Waals surface area contributed by atoms with Crippen LogP contribution in [0.4, 0.5) is 5.69 Å². The molecular formula is C33H31N5O3S2. The maximum Gasteiger partial charge on any atom is 0.234 e. The Kier molecular flexibility index (Phi) is 7.91. The fourth-order valence-corrected chi connectivity index (χ4v) is 6.53. The summed E-state index contributed by atoms with van der Waals surface area (Å²) in [5, 5.41) is 13.8. The highest BCUT2D eigenvalue weighted by molar-refractivity contribution is 7.99. The third-order valence-electron chi connectivity index (χ3n) is 7.37. The van der Waals surface area contributed by atoms with Gasteiger partial charge in [-0.25, -0.2) is 4.98 Å². The third kappa shape index (κ3) is 5.61. The van der Waals surface area contributed by atoms with Crippen molar-refractivity contribution < 1.29 is 14.3 Å². The van der Waals surface area contributed by atoms with Gasteiger partial charge in [-0.3, -0.25) is 19.3 Å². The van der Waals surface area contributed by atoms with E-state index in [1.165, 1.54) is 11.8 Å². The predicted octanol–water partition coefficient (Wildman–Crippen LogP) is 6.62. The van der Waals surface area contributed by atoms with Crippen molar-refractivity contribution in [2.24, 2.45) is 0 Å². The molecule has 0 spiro atoms. The fourth-order valence-electron chi connectivity index (χ4n) is 5.34. The Bertz CT molecular complexity index is 1950. The SMILES string of the molecule is COc1ccccc1NC(=O)CSc1nc2c(c3c(c(=S)n2-c2ccccc2)COC(C)(C)C3)c(=N)n1-c1ccccc1. The van der Waals surface area contributed by atoms with Crippen molar-refractivity contribution in [2.45, 2.75) is 37.6 Å². The number of thioether (sulfide) groups is 1. The van der Waals surface area contributed by atoms with Gasteiger partial charge in [-0.15, -0.1) is 0 Å². The number of methoxy groups -OCH3 is 1. The molecule has 0 aliphatic carbocycles. The molecule has 0 saturated carbocycles. The Hall–Kier alpha value is -4.25. The van der Waals surface area contributed by atoms with Gasteiger partial charge in [0, 0.05) is 23.4 Å². The molecule has 6 rings (SSSR count). The van der Waals surface area contributed by atoms with Gasteiger partial charge in [0.15, 0.2) is 10.8 Å². The van der Waals surface area contributed by atoms with Crippen LogP contribution in [0.3, 0.4) is 0 Å². The van der Waals surface area contributed by atoms with Gasteiger partial charge in [0.25, 0.3) is 0 Å². The maximum absolute atomic E-state index is 13.1. The van der Waals surface area contributed by atoms with E-state index in [0.29, 0.717) is 39.9 Å². The molecule has 2 N–H and O–H groups in total. The van der Waals surface area contributed by atoms with E-state index in [-0.39, 0.29) is 17.1 Å². The zero-order chi connectivity index (χ0) is 30.1. The van der Waals surface area contributed by atoms with E-state index in [2.05, 4.69) is 19.2 Å². The molecular weight excluding hydrogens is 579 g/mol. The molecule has 1 aliphatic rings. The highest BCUT2D eigenvalue weighted by atomic mass is 32.2. The Morgan fingerprint density at radius 3 is 2.30 bits per heavy atom. The molecule has 0 fully saturated rings. The average Bonchev–Trinajstić information content (AvgIpc) is 3.00. The summed E-state index contributed by atoms with van der Waals surface area (Å²) in [6.07, 6.45) is 0.592. The largest absolute Gasteiger partial charge is 0.495 e. The van der Waals surface area contributed by atoms with Gasteiger partial charge in [0.2, 0.25) is 5.91 Å². The molecule has 0 atom stereocenters. The molecule has 0 saturated heterocycles. The number of nitrogens with zero attached hydrogens (tertiary/aromatic N) is 3. The Morgan fingerprint density at radius 2 is 1.63 bits per heavy atom. The molecule has 8 nitrogen and oxygen atoms in total. The maximum atomic E-state index is 13.1. The summed E-state index contributed by atoms with van der Waals surface area (Å²) in [7, 11) is 1.57. The summed E-state index contributed by atoms with van der Waals surface area (Å²) < 4.78 is 15.9. The molecule has 5 aromatic rings. The van der Waals surface area contributed by atoms with Crippen LogP contribution in [0.2, 0.25) is 0 Å². The van der Waals surface area contributed by atoms with E-state index in [1.54, 1.807) is 19.2 Å². The fraction of sp³-hybridized carbons (Fsp3) is 0.212. The van der Waals surface area contributed by atoms with Gasteiger partial charge in [0.1, 0.15) is 15.9 Å². The van der Waals surface area contributed by atoms with E-state index in [9.17, 15) is 10.2 Å². The van der Waals surface area contributed by atoms with Gasteiger partial charge in [-0.1, -0.05) is 72.5 Å². The van der Waals surface area contributed by atoms with Crippen LogP contribution in [-0.4, -0.2) is 38.5 Å². The van der Waals surface area contributed by atoms with Gasteiger partial charge < -0.3 is 14.8 Å². The monoisotopic (exact) mass is 609 g/mol. The Balaban J connectivity index is 1.55. The summed E-state index contributed by atoms with van der Waals surface area (Å²) in [5.74, 6) is 0.434. The van der Waals surface area contributed by atoms with Crippen LogP contribution in [-0.2, 0) is 22.6 Å². The number of pyridine rings is 1. The number of benzene rings is 3. The first-order valence-corrected chi connectivity index (χ1v) is 15.3. The van der Waals surface area contributed by atoms with Gasteiger partial charge in [-0.2, -0.15) is 0 Å². The number of rotatable bonds is 7. The lowest BCUT2D eigenvalue weighted by Gasteiger charge is -2.33. The number of nitrogens with one attached hydrogen (secondary N) is 2. The summed E-state index contributed by atoms with van der Waals surface area (Å²) in [6.45, 7) is 4.46. The highest BCUT2D eigenvalue weighted by Gasteiger charge is 2.31. The minimum Gasteiger partial charge on any atom is -0.495 e. The third-order valence-corrected chi connectivity index (χ3v) is 8.74. The number of anilines is 1. The average molecular weight is 610 g/mol. The molecule has 0 unspecified atom stereocenters. The lowest BCUT2D eigenvalue weighted by atomic mass is 9.90. The topological polar surface area (TPSA) is 94.2 Å². The first-order chi connectivity index (χ1) is 20.8. The number of amides is 1. The van der Waals surface area contributed by atoms with Crippen LogP contribution in [0.15, 0.2) is 90.1 Å². The number of fused-ring (bicyclic) bond motifs is 3. The smallest absolute Gasteiger partial charge is 0.234 e. The molecule has 1 amide bonds. The van der Waals surface area contributed by atoms with E-state index < -0.39 is 5.60 Å². The van der Waals surface area contributed by atoms with Crippen molar-refractivity contribution in [3.05, 3.63) is 106 Å². The summed E-state index contributed by atoms with van der Waals surface area (Å²) in [6, 6.07) is 26.8. The predicted molar refractivity (Wildman–Crippen MR) is 172 cm³/mol. The highest BCUT2D eigenvalue weighted by Crippen LogP contribution is 2.35. The number of ether oxygens (including phenoxy) is 2. The van der Waals surface area contributed by atoms with Crippen LogP contribution in [0, 0.1) is 10.0 Å². The summed E-state index contributed by atoms with van der Waals surface area (Å²) >= 11 is 7.34. The van der Waals surface area contributed by atoms with Crippen LogP contribution in [0.1, 0.15) is 25.0 Å². The second-order valence-corrected chi connectivity index (χ2v) is 12.1. The molecule has 43 heavy (non-hydrogen) atoms. The standard InChI is InChI=1S/C33H31N5O3S2/c1-33(2)18-23-24(19-41-33)31(42)38(22-14-8-5-9-15-22)30-28(23)29(34)37(21-12-6-4-7-13-21)32(36-30)43-20-27(39)35-25-16-10-11-17-26(25)40-3/h4-17,34H,18-20H2,1-3H3,(H,35,39). The van der Waals surface area contributed by atoms with Crippen LogP contribution in [0.25, 0.3) is 22.4 Å². The first-order valence-electron chi connectivity index (χ1n) is 13.9. The number of para-hydroxylation sites is 4. The molecule has 3 aromatic carbocycles. The molecule has 3 heterocycles. The lowest BCUT2D eigenvalue weighted by Crippen LogP contribution is -2.35. The van der Waals surface area contributed by atoms with Crippen molar-refractivity contribution in [1.29, 1.82) is 5.41 Å². The van der Waals surface area contributed by atoms with E-state index >= 15 is 0 Å². The van der Waals surface area contributed by atoms with Crippen molar-refractivity contribution in [3.8, 4) is 17.1 Å². The van der Waals surface area contributed by atoms with Crippen LogP contribution < -0.4 is 15.5 Å². The normalized spacial score (nSPS) is 13.8. The first kappa shape index (κ1) is 28.9. The zero-order valence-corrected chi connectivity index (χ0v) is 25.7. The van der Waals surface area contributed by atoms with Crippen LogP contribution >= 0.6 is 24.0 Å². The molecule has 218 valence electrons. The Morgan fingerprint density at radius 1 is 1.00 bits per heavy atom. The van der Waals surface area contributed by atoms with Crippen LogP contribution in [0.5, 0.6) is 5.75 Å². The Labute approximate surface area is 258 Å². The quantitative estimate of drug-likeness (QED) is 0.122. The van der Waals surface area contributed by atoms with Crippen molar-refractivity contribution in [3.63, 3.8) is 0 Å². The van der Waals surface area contributed by atoms with Crippen molar-refractivity contribution >= 4 is 46.6 Å². The molecule has 0 radical (unpaired) electrons. The van der Waals surface area contributed by atoms with E-state index in [4.69, 9.17) is 26.7 Å². The molecule has 0 bridgehead atoms. The zero-order valence-electron chi connectivity index (χ0n) is 24.1. The lowest BCUT2D eigenvalue weighted by molar-refractivity contribution is -0.113. The number of carbonyl (C=O) groups is 1. The number of carbonyl (C=O) groups excluding carboxylic acids is 1. The summed E-state index contributed by atoms with van der Waals surface area (Å²) in [4.78, 5) is 18.3. The van der Waals surface area contributed by atoms with Gasteiger partial charge in [-0.05, 0) is 55.8 Å². The van der Waals surface area contributed by atoms with Crippen molar-refractivity contribution in [2.75, 3.05) is 18.2 Å². The van der Waals surface area contributed by atoms with E-state index in [1.807, 2.05) is 81.9 Å². The van der Waals surface area contributed by atoms with Gasteiger partial charge in [0.05, 0.1) is 36.1 Å².